The zero-order valence-corrected chi connectivity index (χ0v) is 17.0. The maximum Gasteiger partial charge on any atom is 0.261 e. The fraction of sp³-hybridized carbons (Fsp3) is 0.250. The SMILES string of the molecule is CC(C)C[C@H](NC(=O)c1ccc(Cl)cc1Cl)C(=O)Nn1cnc2ccccc21. The molecule has 0 aliphatic rings. The lowest BCUT2D eigenvalue weighted by Gasteiger charge is -2.21. The number of nitrogens with one attached hydrogen (secondary N) is 2. The van der Waals surface area contributed by atoms with E-state index < -0.39 is 11.9 Å². The zero-order valence-electron chi connectivity index (χ0n) is 15.4. The molecular formula is C20H20Cl2N4O2. The Bertz CT molecular complexity index is 1020. The van der Waals surface area contributed by atoms with Crippen LogP contribution in [0.5, 0.6) is 0 Å². The third kappa shape index (κ3) is 4.64. The van der Waals surface area contributed by atoms with Crippen LogP contribution in [0.2, 0.25) is 10.0 Å². The van der Waals surface area contributed by atoms with Crippen LogP contribution in [-0.2, 0) is 4.79 Å². The number of amides is 2. The molecule has 28 heavy (non-hydrogen) atoms. The summed E-state index contributed by atoms with van der Waals surface area (Å²) in [6.45, 7) is 3.96. The van der Waals surface area contributed by atoms with Crippen molar-refractivity contribution in [3.8, 4) is 0 Å². The molecule has 2 N–H and O–H groups in total. The Hall–Kier alpha value is -2.57. The van der Waals surface area contributed by atoms with Crippen LogP contribution >= 0.6 is 23.2 Å². The molecule has 0 fully saturated rings. The molecule has 1 heterocycles. The first kappa shape index (κ1) is 20.2. The summed E-state index contributed by atoms with van der Waals surface area (Å²) in [5.41, 5.74) is 4.60. The molecule has 2 amide bonds. The van der Waals surface area contributed by atoms with Crippen molar-refractivity contribution in [2.45, 2.75) is 26.3 Å². The van der Waals surface area contributed by atoms with Crippen molar-refractivity contribution in [2.75, 3.05) is 5.43 Å². The third-order valence-electron chi connectivity index (χ3n) is 4.19. The predicted molar refractivity (Wildman–Crippen MR) is 111 cm³/mol. The number of carbonyl (C=O) groups excluding carboxylic acids is 2. The van der Waals surface area contributed by atoms with Crippen LogP contribution in [0.1, 0.15) is 30.6 Å². The van der Waals surface area contributed by atoms with E-state index in [2.05, 4.69) is 15.7 Å². The quantitative estimate of drug-likeness (QED) is 0.627. The summed E-state index contributed by atoms with van der Waals surface area (Å²) < 4.78 is 1.55. The summed E-state index contributed by atoms with van der Waals surface area (Å²) in [6.07, 6.45) is 2.00. The average Bonchev–Trinajstić information content (AvgIpc) is 3.03. The summed E-state index contributed by atoms with van der Waals surface area (Å²) in [7, 11) is 0. The minimum absolute atomic E-state index is 0.191. The molecule has 0 aliphatic carbocycles. The molecule has 2 aromatic carbocycles. The number of para-hydroxylation sites is 2. The number of benzene rings is 2. The Morgan fingerprint density at radius 3 is 2.61 bits per heavy atom. The van der Waals surface area contributed by atoms with Gasteiger partial charge in [-0.1, -0.05) is 49.2 Å². The Kier molecular flexibility index (Phi) is 6.21. The zero-order chi connectivity index (χ0) is 20.3. The van der Waals surface area contributed by atoms with Gasteiger partial charge in [-0.05, 0) is 42.7 Å². The number of aromatic nitrogens is 2. The van der Waals surface area contributed by atoms with Gasteiger partial charge in [-0.2, -0.15) is 0 Å². The topological polar surface area (TPSA) is 76.0 Å². The van der Waals surface area contributed by atoms with Gasteiger partial charge in [0.05, 0.1) is 21.6 Å². The molecule has 0 spiro atoms. The van der Waals surface area contributed by atoms with Gasteiger partial charge in [-0.15, -0.1) is 0 Å². The molecule has 0 bridgehead atoms. The summed E-state index contributed by atoms with van der Waals surface area (Å²) >= 11 is 12.0. The highest BCUT2D eigenvalue weighted by molar-refractivity contribution is 6.36. The summed E-state index contributed by atoms with van der Waals surface area (Å²) in [5.74, 6) is -0.579. The van der Waals surface area contributed by atoms with Gasteiger partial charge in [-0.25, -0.2) is 9.66 Å². The molecule has 3 rings (SSSR count). The molecule has 0 saturated carbocycles. The van der Waals surface area contributed by atoms with Gasteiger partial charge < -0.3 is 5.32 Å². The molecule has 6 nitrogen and oxygen atoms in total. The number of nitrogens with zero attached hydrogens (tertiary/aromatic N) is 2. The van der Waals surface area contributed by atoms with Crippen LogP contribution in [0, 0.1) is 5.92 Å². The van der Waals surface area contributed by atoms with Crippen molar-refractivity contribution in [3.63, 3.8) is 0 Å². The number of fused-ring (bicyclic) bond motifs is 1. The van der Waals surface area contributed by atoms with Crippen molar-refractivity contribution in [3.05, 3.63) is 64.4 Å². The number of halogens is 2. The average molecular weight is 419 g/mol. The lowest BCUT2D eigenvalue weighted by Crippen LogP contribution is -2.46. The fourth-order valence-corrected chi connectivity index (χ4v) is 3.35. The number of hydrogen-bond acceptors (Lipinski definition) is 3. The summed E-state index contributed by atoms with van der Waals surface area (Å²) in [4.78, 5) is 29.8. The minimum Gasteiger partial charge on any atom is -0.340 e. The maximum absolute atomic E-state index is 12.9. The molecule has 3 aromatic rings. The molecule has 0 radical (unpaired) electrons. The highest BCUT2D eigenvalue weighted by Crippen LogP contribution is 2.21. The van der Waals surface area contributed by atoms with E-state index in [9.17, 15) is 9.59 Å². The fourth-order valence-electron chi connectivity index (χ4n) is 2.86. The maximum atomic E-state index is 12.9. The molecule has 8 heteroatoms. The van der Waals surface area contributed by atoms with E-state index in [1.165, 1.54) is 18.5 Å². The lowest BCUT2D eigenvalue weighted by molar-refractivity contribution is -0.119. The van der Waals surface area contributed by atoms with E-state index in [1.807, 2.05) is 38.1 Å². The first-order chi connectivity index (χ1) is 13.3. The second-order valence-electron chi connectivity index (χ2n) is 6.86. The van der Waals surface area contributed by atoms with E-state index >= 15 is 0 Å². The van der Waals surface area contributed by atoms with Gasteiger partial charge in [0.25, 0.3) is 11.8 Å². The van der Waals surface area contributed by atoms with Crippen LogP contribution in [-0.4, -0.2) is 27.5 Å². The predicted octanol–water partition coefficient (Wildman–Crippen LogP) is 4.26. The minimum atomic E-state index is -0.736. The molecular weight excluding hydrogens is 399 g/mol. The highest BCUT2D eigenvalue weighted by Gasteiger charge is 2.24. The second kappa shape index (κ2) is 8.63. The second-order valence-corrected chi connectivity index (χ2v) is 7.70. The van der Waals surface area contributed by atoms with Crippen LogP contribution in [0.3, 0.4) is 0 Å². The molecule has 0 aliphatic heterocycles. The van der Waals surface area contributed by atoms with Crippen molar-refractivity contribution < 1.29 is 9.59 Å². The standard InChI is InChI=1S/C20H20Cl2N4O2/c1-12(2)9-17(24-19(27)14-8-7-13(21)10-15(14)22)20(28)25-26-11-23-16-5-3-4-6-18(16)26/h3-8,10-12,17H,9H2,1-2H3,(H,24,27)(H,25,28)/t17-/m0/s1. The first-order valence-corrected chi connectivity index (χ1v) is 9.59. The molecule has 1 atom stereocenters. The monoisotopic (exact) mass is 418 g/mol. The summed E-state index contributed by atoms with van der Waals surface area (Å²) in [6, 6.07) is 11.3. The Labute approximate surface area is 172 Å². The molecule has 1 aromatic heterocycles. The van der Waals surface area contributed by atoms with E-state index in [4.69, 9.17) is 23.2 Å². The van der Waals surface area contributed by atoms with Crippen molar-refractivity contribution in [1.82, 2.24) is 15.0 Å². The first-order valence-electron chi connectivity index (χ1n) is 8.84. The third-order valence-corrected chi connectivity index (χ3v) is 4.74. The van der Waals surface area contributed by atoms with Gasteiger partial charge in [-0.3, -0.25) is 15.0 Å². The summed E-state index contributed by atoms with van der Waals surface area (Å²) in [5, 5.41) is 3.44. The van der Waals surface area contributed by atoms with Crippen LogP contribution in [0.4, 0.5) is 0 Å². The normalized spacial score (nSPS) is 12.2. The molecule has 0 unspecified atom stereocenters. The number of carbonyl (C=O) groups is 2. The van der Waals surface area contributed by atoms with Gasteiger partial charge >= 0.3 is 0 Å². The van der Waals surface area contributed by atoms with Crippen LogP contribution in [0.15, 0.2) is 48.8 Å². The Morgan fingerprint density at radius 2 is 1.89 bits per heavy atom. The molecule has 146 valence electrons. The van der Waals surface area contributed by atoms with Crippen molar-refractivity contribution in [1.29, 1.82) is 0 Å². The van der Waals surface area contributed by atoms with Gasteiger partial charge in [0.15, 0.2) is 0 Å². The van der Waals surface area contributed by atoms with Gasteiger partial charge in [0.2, 0.25) is 0 Å². The van der Waals surface area contributed by atoms with E-state index in [-0.39, 0.29) is 22.4 Å². The number of imidazole rings is 1. The van der Waals surface area contributed by atoms with Gasteiger partial charge in [0.1, 0.15) is 12.4 Å². The van der Waals surface area contributed by atoms with Crippen molar-refractivity contribution >= 4 is 46.0 Å². The Morgan fingerprint density at radius 1 is 1.14 bits per heavy atom. The number of hydrogen-bond donors (Lipinski definition) is 2. The van der Waals surface area contributed by atoms with Crippen molar-refractivity contribution in [2.24, 2.45) is 5.92 Å². The van der Waals surface area contributed by atoms with Gasteiger partial charge in [0, 0.05) is 5.02 Å². The highest BCUT2D eigenvalue weighted by atomic mass is 35.5. The Balaban J connectivity index is 1.79. The van der Waals surface area contributed by atoms with E-state index in [0.29, 0.717) is 11.4 Å². The smallest absolute Gasteiger partial charge is 0.261 e. The van der Waals surface area contributed by atoms with Crippen LogP contribution < -0.4 is 10.7 Å². The van der Waals surface area contributed by atoms with E-state index in [1.54, 1.807) is 10.7 Å². The van der Waals surface area contributed by atoms with Crippen LogP contribution in [0.25, 0.3) is 11.0 Å². The molecule has 0 saturated heterocycles. The van der Waals surface area contributed by atoms with E-state index in [0.717, 1.165) is 11.0 Å². The largest absolute Gasteiger partial charge is 0.340 e. The lowest BCUT2D eigenvalue weighted by atomic mass is 10.0. The number of rotatable bonds is 6.